The summed E-state index contributed by atoms with van der Waals surface area (Å²) in [5.74, 6) is 2.12. The third-order valence-electron chi connectivity index (χ3n) is 8.03. The maximum Gasteiger partial charge on any atom is 0.168 e. The maximum absolute atomic E-state index is 5.60. The van der Waals surface area contributed by atoms with Gasteiger partial charge in [0.2, 0.25) is 0 Å². The highest BCUT2D eigenvalue weighted by atomic mass is 32.2. The highest BCUT2D eigenvalue weighted by molar-refractivity contribution is 7.99. The number of para-hydroxylation sites is 2. The number of hydrogen-bond donors (Lipinski definition) is 0. The molecule has 2 saturated heterocycles. The van der Waals surface area contributed by atoms with Gasteiger partial charge in [0.15, 0.2) is 5.16 Å². The lowest BCUT2D eigenvalue weighted by atomic mass is 9.71. The summed E-state index contributed by atoms with van der Waals surface area (Å²) in [4.78, 5) is 9.88. The van der Waals surface area contributed by atoms with Crippen molar-refractivity contribution < 1.29 is 4.74 Å². The normalized spacial score (nSPS) is 18.2. The van der Waals surface area contributed by atoms with Crippen molar-refractivity contribution in [3.8, 4) is 17.0 Å². The Morgan fingerprint density at radius 1 is 0.914 bits per heavy atom. The van der Waals surface area contributed by atoms with Gasteiger partial charge >= 0.3 is 0 Å². The lowest BCUT2D eigenvalue weighted by Crippen LogP contribution is -2.47. The van der Waals surface area contributed by atoms with E-state index >= 15 is 0 Å². The third-order valence-corrected chi connectivity index (χ3v) is 9.16. The molecule has 0 aliphatic carbocycles. The first-order valence-electron chi connectivity index (χ1n) is 13.0. The Hall–Kier alpha value is -2.44. The van der Waals surface area contributed by atoms with E-state index in [1.807, 2.05) is 18.0 Å². The second kappa shape index (κ2) is 11.1. The molecule has 3 aromatic rings. The Balaban J connectivity index is 1.04. The largest absolute Gasteiger partial charge is 0.495 e. The number of likely N-dealkylation sites (tertiary alicyclic amines) is 1. The Kier molecular flexibility index (Phi) is 7.69. The van der Waals surface area contributed by atoms with Crippen molar-refractivity contribution >= 4 is 17.4 Å². The summed E-state index contributed by atoms with van der Waals surface area (Å²) in [7, 11) is 3.90. The van der Waals surface area contributed by atoms with Gasteiger partial charge in [0.1, 0.15) is 5.75 Å². The number of piperidine rings is 2. The van der Waals surface area contributed by atoms with E-state index in [9.17, 15) is 0 Å². The first-order chi connectivity index (χ1) is 17.2. The van der Waals surface area contributed by atoms with Gasteiger partial charge in [-0.1, -0.05) is 54.2 Å². The van der Waals surface area contributed by atoms with Crippen LogP contribution in [0.1, 0.15) is 32.1 Å². The number of anilines is 1. The summed E-state index contributed by atoms with van der Waals surface area (Å²) in [6.45, 7) is 5.99. The van der Waals surface area contributed by atoms with E-state index in [1.54, 1.807) is 7.11 Å². The summed E-state index contributed by atoms with van der Waals surface area (Å²) >= 11 is 1.88. The number of aromatic nitrogens is 2. The van der Waals surface area contributed by atoms with Crippen molar-refractivity contribution in [2.24, 2.45) is 12.5 Å². The molecular weight excluding hydrogens is 452 g/mol. The smallest absolute Gasteiger partial charge is 0.168 e. The first kappa shape index (κ1) is 24.3. The molecule has 6 heteroatoms. The van der Waals surface area contributed by atoms with Crippen LogP contribution in [0.5, 0.6) is 5.75 Å². The molecule has 2 aromatic carbocycles. The second-order valence-electron chi connectivity index (χ2n) is 10.1. The number of imidazole rings is 1. The van der Waals surface area contributed by atoms with Gasteiger partial charge in [-0.3, -0.25) is 0 Å². The topological polar surface area (TPSA) is 33.5 Å². The minimum absolute atomic E-state index is 0.546. The zero-order valence-corrected chi connectivity index (χ0v) is 22.0. The summed E-state index contributed by atoms with van der Waals surface area (Å²) in [6.07, 6.45) is 8.52. The van der Waals surface area contributed by atoms with Crippen LogP contribution in [0.15, 0.2) is 66.0 Å². The van der Waals surface area contributed by atoms with Crippen LogP contribution < -0.4 is 9.64 Å². The summed E-state index contributed by atoms with van der Waals surface area (Å²) in [5, 5.41) is 1.11. The quantitative estimate of drug-likeness (QED) is 0.287. The van der Waals surface area contributed by atoms with Crippen molar-refractivity contribution in [2.45, 2.75) is 37.3 Å². The van der Waals surface area contributed by atoms with Crippen LogP contribution in [-0.2, 0) is 7.05 Å². The lowest BCUT2D eigenvalue weighted by molar-refractivity contribution is 0.0801. The van der Waals surface area contributed by atoms with Crippen molar-refractivity contribution in [3.05, 3.63) is 60.8 Å². The molecular formula is C29H38N4OS. The number of nitrogens with zero attached hydrogens (tertiary/aromatic N) is 4. The monoisotopic (exact) mass is 490 g/mol. The predicted molar refractivity (Wildman–Crippen MR) is 147 cm³/mol. The standard InChI is InChI=1S/C29H38N4OS/c1-31-26(24-9-4-3-5-10-24)23-30-28(31)35-22-8-17-32-18-13-29(14-19-32)15-20-33(21-16-29)25-11-6-7-12-27(25)34-2/h3-7,9-12,23H,8,13-22H2,1-2H3. The van der Waals surface area contributed by atoms with Crippen molar-refractivity contribution in [1.29, 1.82) is 0 Å². The fourth-order valence-corrected chi connectivity index (χ4v) is 6.59. The average molecular weight is 491 g/mol. The Morgan fingerprint density at radius 3 is 2.34 bits per heavy atom. The number of rotatable bonds is 8. The SMILES string of the molecule is COc1ccccc1N1CCC2(CCN(CCCSc3ncc(-c4ccccc4)n3C)CC2)CC1. The zero-order valence-electron chi connectivity index (χ0n) is 21.2. The Bertz CT molecular complexity index is 1080. The minimum atomic E-state index is 0.546. The van der Waals surface area contributed by atoms with Crippen LogP contribution in [0, 0.1) is 5.41 Å². The molecule has 186 valence electrons. The van der Waals surface area contributed by atoms with Gasteiger partial charge in [-0.25, -0.2) is 4.98 Å². The number of thioether (sulfide) groups is 1. The van der Waals surface area contributed by atoms with E-state index in [0.717, 1.165) is 29.7 Å². The van der Waals surface area contributed by atoms with E-state index in [4.69, 9.17) is 4.74 Å². The van der Waals surface area contributed by atoms with Crippen LogP contribution in [0.3, 0.4) is 0 Å². The first-order valence-corrected chi connectivity index (χ1v) is 14.0. The van der Waals surface area contributed by atoms with Crippen LogP contribution in [-0.4, -0.2) is 60.0 Å². The number of methoxy groups -OCH3 is 1. The molecule has 2 aliphatic rings. The van der Waals surface area contributed by atoms with E-state index in [0.29, 0.717) is 5.41 Å². The lowest BCUT2D eigenvalue weighted by Gasteiger charge is -2.47. The number of ether oxygens (including phenoxy) is 1. The van der Waals surface area contributed by atoms with Gasteiger partial charge in [-0.15, -0.1) is 0 Å². The van der Waals surface area contributed by atoms with Crippen LogP contribution in [0.25, 0.3) is 11.3 Å². The van der Waals surface area contributed by atoms with E-state index in [-0.39, 0.29) is 0 Å². The minimum Gasteiger partial charge on any atom is -0.495 e. The molecule has 0 bridgehead atoms. The zero-order chi connectivity index (χ0) is 24.1. The Labute approximate surface area is 214 Å². The molecule has 3 heterocycles. The maximum atomic E-state index is 5.60. The second-order valence-corrected chi connectivity index (χ2v) is 11.1. The van der Waals surface area contributed by atoms with Crippen LogP contribution in [0.4, 0.5) is 5.69 Å². The van der Waals surface area contributed by atoms with Gasteiger partial charge in [0.25, 0.3) is 0 Å². The molecule has 2 fully saturated rings. The van der Waals surface area contributed by atoms with Gasteiger partial charge in [-0.05, 0) is 74.8 Å². The van der Waals surface area contributed by atoms with E-state index < -0.39 is 0 Å². The van der Waals surface area contributed by atoms with Crippen molar-refractivity contribution in [3.63, 3.8) is 0 Å². The predicted octanol–water partition coefficient (Wildman–Crippen LogP) is 5.96. The molecule has 0 radical (unpaired) electrons. The molecule has 2 aliphatic heterocycles. The summed E-state index contributed by atoms with van der Waals surface area (Å²) in [6, 6.07) is 19.0. The van der Waals surface area contributed by atoms with Crippen molar-refractivity contribution in [2.75, 3.05) is 50.5 Å². The third kappa shape index (κ3) is 5.54. The van der Waals surface area contributed by atoms with Crippen LogP contribution >= 0.6 is 11.8 Å². The molecule has 1 spiro atoms. The van der Waals surface area contributed by atoms with Gasteiger partial charge in [0.05, 0.1) is 24.7 Å². The Morgan fingerprint density at radius 2 is 1.60 bits per heavy atom. The average Bonchev–Trinajstić information content (AvgIpc) is 3.28. The van der Waals surface area contributed by atoms with E-state index in [1.165, 1.54) is 68.7 Å². The highest BCUT2D eigenvalue weighted by Crippen LogP contribution is 2.43. The highest BCUT2D eigenvalue weighted by Gasteiger charge is 2.37. The van der Waals surface area contributed by atoms with Gasteiger partial charge in [0, 0.05) is 25.9 Å². The molecule has 0 unspecified atom stereocenters. The van der Waals surface area contributed by atoms with E-state index in [2.05, 4.69) is 81.0 Å². The molecule has 0 saturated carbocycles. The molecule has 0 amide bonds. The van der Waals surface area contributed by atoms with Crippen molar-refractivity contribution in [1.82, 2.24) is 14.5 Å². The molecule has 1 aromatic heterocycles. The summed E-state index contributed by atoms with van der Waals surface area (Å²) in [5.41, 5.74) is 4.21. The number of hydrogen-bond acceptors (Lipinski definition) is 5. The summed E-state index contributed by atoms with van der Waals surface area (Å²) < 4.78 is 7.82. The molecule has 5 nitrogen and oxygen atoms in total. The molecule has 0 atom stereocenters. The van der Waals surface area contributed by atoms with Gasteiger partial charge in [-0.2, -0.15) is 0 Å². The molecule has 0 N–H and O–H groups in total. The fraction of sp³-hybridized carbons (Fsp3) is 0.483. The van der Waals surface area contributed by atoms with Crippen LogP contribution in [0.2, 0.25) is 0 Å². The molecule has 5 rings (SSSR count). The molecule has 35 heavy (non-hydrogen) atoms. The fourth-order valence-electron chi connectivity index (χ4n) is 5.72. The number of benzene rings is 2. The van der Waals surface area contributed by atoms with Gasteiger partial charge < -0.3 is 19.1 Å².